The zero-order valence-corrected chi connectivity index (χ0v) is 9.13. The minimum Gasteiger partial charge on any atom is -0.396 e. The van der Waals surface area contributed by atoms with Crippen LogP contribution in [-0.4, -0.2) is 0 Å². The van der Waals surface area contributed by atoms with Crippen LogP contribution in [0.5, 0.6) is 0 Å². The van der Waals surface area contributed by atoms with Crippen molar-refractivity contribution in [3.8, 4) is 0 Å². The van der Waals surface area contributed by atoms with Gasteiger partial charge in [0.15, 0.2) is 0 Å². The van der Waals surface area contributed by atoms with Gasteiger partial charge in [-0.15, -0.1) is 0 Å². The van der Waals surface area contributed by atoms with Crippen molar-refractivity contribution in [1.29, 1.82) is 0 Å². The van der Waals surface area contributed by atoms with E-state index in [1.165, 1.54) is 12.1 Å². The Bertz CT molecular complexity index is 514. The summed E-state index contributed by atoms with van der Waals surface area (Å²) >= 11 is 5.87. The van der Waals surface area contributed by atoms with Gasteiger partial charge >= 0.3 is 0 Å². The van der Waals surface area contributed by atoms with Crippen LogP contribution in [0, 0.1) is 5.82 Å². The molecule has 4 heteroatoms. The first kappa shape index (κ1) is 10.8. The SMILES string of the molecule is Nc1c(Cl)cccc1Nc1cccc(F)c1. The molecule has 0 atom stereocenters. The first-order valence-electron chi connectivity index (χ1n) is 4.73. The summed E-state index contributed by atoms with van der Waals surface area (Å²) < 4.78 is 13.0. The summed E-state index contributed by atoms with van der Waals surface area (Å²) in [5.74, 6) is -0.300. The summed E-state index contributed by atoms with van der Waals surface area (Å²) in [5.41, 5.74) is 7.53. The fourth-order valence-corrected chi connectivity index (χ4v) is 1.54. The minimum atomic E-state index is -0.300. The molecule has 2 aromatic carbocycles. The Morgan fingerprint density at radius 1 is 1.12 bits per heavy atom. The van der Waals surface area contributed by atoms with E-state index in [2.05, 4.69) is 5.32 Å². The third-order valence-corrected chi connectivity index (χ3v) is 2.49. The second-order valence-electron chi connectivity index (χ2n) is 3.34. The van der Waals surface area contributed by atoms with Crippen molar-refractivity contribution in [3.05, 3.63) is 53.3 Å². The van der Waals surface area contributed by atoms with E-state index in [0.29, 0.717) is 22.1 Å². The van der Waals surface area contributed by atoms with Crippen molar-refractivity contribution in [3.63, 3.8) is 0 Å². The van der Waals surface area contributed by atoms with E-state index in [4.69, 9.17) is 17.3 Å². The average Bonchev–Trinajstić information content (AvgIpc) is 2.25. The molecule has 0 heterocycles. The van der Waals surface area contributed by atoms with Crippen molar-refractivity contribution in [2.45, 2.75) is 0 Å². The number of anilines is 3. The number of hydrogen-bond donors (Lipinski definition) is 2. The van der Waals surface area contributed by atoms with Gasteiger partial charge in [0.2, 0.25) is 0 Å². The maximum absolute atomic E-state index is 13.0. The summed E-state index contributed by atoms with van der Waals surface area (Å²) in [6, 6.07) is 11.4. The summed E-state index contributed by atoms with van der Waals surface area (Å²) in [4.78, 5) is 0. The lowest BCUT2D eigenvalue weighted by atomic mass is 10.2. The van der Waals surface area contributed by atoms with Crippen LogP contribution < -0.4 is 11.1 Å². The van der Waals surface area contributed by atoms with Gasteiger partial charge in [-0.3, -0.25) is 0 Å². The molecule has 0 amide bonds. The van der Waals surface area contributed by atoms with Crippen molar-refractivity contribution in [2.75, 3.05) is 11.1 Å². The predicted molar refractivity (Wildman–Crippen MR) is 65.5 cm³/mol. The van der Waals surface area contributed by atoms with Crippen LogP contribution in [0.1, 0.15) is 0 Å². The van der Waals surface area contributed by atoms with Crippen molar-refractivity contribution in [1.82, 2.24) is 0 Å². The van der Waals surface area contributed by atoms with Crippen molar-refractivity contribution in [2.24, 2.45) is 0 Å². The molecule has 3 N–H and O–H groups in total. The number of halogens is 2. The first-order valence-corrected chi connectivity index (χ1v) is 5.11. The molecular formula is C12H10ClFN2. The Labute approximate surface area is 97.8 Å². The van der Waals surface area contributed by atoms with E-state index in [0.717, 1.165) is 0 Å². The fraction of sp³-hybridized carbons (Fsp3) is 0. The molecule has 0 aliphatic carbocycles. The number of nitrogens with one attached hydrogen (secondary N) is 1. The van der Waals surface area contributed by atoms with Gasteiger partial charge in [0, 0.05) is 5.69 Å². The van der Waals surface area contributed by atoms with Gasteiger partial charge in [0.1, 0.15) is 5.82 Å². The van der Waals surface area contributed by atoms with E-state index in [9.17, 15) is 4.39 Å². The second kappa shape index (κ2) is 4.41. The van der Waals surface area contributed by atoms with Gasteiger partial charge in [-0.05, 0) is 30.3 Å². The quantitative estimate of drug-likeness (QED) is 0.779. The summed E-state index contributed by atoms with van der Waals surface area (Å²) in [6.45, 7) is 0. The lowest BCUT2D eigenvalue weighted by molar-refractivity contribution is 0.628. The van der Waals surface area contributed by atoms with Crippen LogP contribution in [0.4, 0.5) is 21.5 Å². The number of benzene rings is 2. The minimum absolute atomic E-state index is 0.300. The highest BCUT2D eigenvalue weighted by Crippen LogP contribution is 2.29. The summed E-state index contributed by atoms with van der Waals surface area (Å²) in [7, 11) is 0. The zero-order chi connectivity index (χ0) is 11.5. The highest BCUT2D eigenvalue weighted by Gasteiger charge is 2.03. The van der Waals surface area contributed by atoms with Gasteiger partial charge in [0.25, 0.3) is 0 Å². The van der Waals surface area contributed by atoms with E-state index in [-0.39, 0.29) is 5.82 Å². The number of nitrogen functional groups attached to an aromatic ring is 1. The second-order valence-corrected chi connectivity index (χ2v) is 3.74. The highest BCUT2D eigenvalue weighted by molar-refractivity contribution is 6.33. The predicted octanol–water partition coefficient (Wildman–Crippen LogP) is 3.80. The van der Waals surface area contributed by atoms with Crippen LogP contribution in [0.3, 0.4) is 0 Å². The molecule has 0 aromatic heterocycles. The lowest BCUT2D eigenvalue weighted by Crippen LogP contribution is -1.96. The van der Waals surface area contributed by atoms with Crippen LogP contribution in [0.2, 0.25) is 5.02 Å². The number of hydrogen-bond acceptors (Lipinski definition) is 2. The van der Waals surface area contributed by atoms with E-state index in [1.54, 1.807) is 30.3 Å². The van der Waals surface area contributed by atoms with E-state index < -0.39 is 0 Å². The standard InChI is InChI=1S/C12H10ClFN2/c13-10-5-2-6-11(12(10)15)16-9-4-1-3-8(14)7-9/h1-7,16H,15H2. The van der Waals surface area contributed by atoms with E-state index in [1.807, 2.05) is 0 Å². The van der Waals surface area contributed by atoms with Crippen LogP contribution in [0.25, 0.3) is 0 Å². The molecular weight excluding hydrogens is 227 g/mol. The number of nitrogens with two attached hydrogens (primary N) is 1. The topological polar surface area (TPSA) is 38.0 Å². The van der Waals surface area contributed by atoms with Crippen LogP contribution >= 0.6 is 11.6 Å². The normalized spacial score (nSPS) is 10.1. The Balaban J connectivity index is 2.31. The third kappa shape index (κ3) is 2.25. The Kier molecular flexibility index (Phi) is 2.97. The zero-order valence-electron chi connectivity index (χ0n) is 8.37. The Hall–Kier alpha value is -1.74. The molecule has 2 rings (SSSR count). The molecule has 0 fully saturated rings. The van der Waals surface area contributed by atoms with Gasteiger partial charge in [-0.2, -0.15) is 0 Å². The number of rotatable bonds is 2. The fourth-order valence-electron chi connectivity index (χ4n) is 1.37. The summed E-state index contributed by atoms with van der Waals surface area (Å²) in [6.07, 6.45) is 0. The monoisotopic (exact) mass is 236 g/mol. The molecule has 0 aliphatic rings. The molecule has 2 aromatic rings. The highest BCUT2D eigenvalue weighted by atomic mass is 35.5. The van der Waals surface area contributed by atoms with Gasteiger partial charge < -0.3 is 11.1 Å². The third-order valence-electron chi connectivity index (χ3n) is 2.16. The smallest absolute Gasteiger partial charge is 0.125 e. The average molecular weight is 237 g/mol. The van der Waals surface area contributed by atoms with Gasteiger partial charge in [0.05, 0.1) is 16.4 Å². The van der Waals surface area contributed by atoms with Gasteiger partial charge in [-0.25, -0.2) is 4.39 Å². The van der Waals surface area contributed by atoms with Crippen molar-refractivity contribution < 1.29 is 4.39 Å². The molecule has 0 aliphatic heterocycles. The van der Waals surface area contributed by atoms with Gasteiger partial charge in [-0.1, -0.05) is 23.7 Å². The van der Waals surface area contributed by atoms with Crippen LogP contribution in [-0.2, 0) is 0 Å². The molecule has 82 valence electrons. The molecule has 0 saturated carbocycles. The van der Waals surface area contributed by atoms with E-state index >= 15 is 0 Å². The first-order chi connectivity index (χ1) is 7.66. The molecule has 0 radical (unpaired) electrons. The molecule has 2 nitrogen and oxygen atoms in total. The summed E-state index contributed by atoms with van der Waals surface area (Å²) in [5, 5.41) is 3.48. The molecule has 0 spiro atoms. The van der Waals surface area contributed by atoms with Crippen LogP contribution in [0.15, 0.2) is 42.5 Å². The molecule has 0 bridgehead atoms. The Morgan fingerprint density at radius 2 is 1.88 bits per heavy atom. The Morgan fingerprint density at radius 3 is 2.62 bits per heavy atom. The maximum atomic E-state index is 13.0. The largest absolute Gasteiger partial charge is 0.396 e. The van der Waals surface area contributed by atoms with Crippen molar-refractivity contribution >= 4 is 28.7 Å². The molecule has 0 unspecified atom stereocenters. The number of para-hydroxylation sites is 1. The maximum Gasteiger partial charge on any atom is 0.125 e. The molecule has 0 saturated heterocycles. The molecule has 16 heavy (non-hydrogen) atoms. The lowest BCUT2D eigenvalue weighted by Gasteiger charge is -2.10.